The minimum atomic E-state index is 0.0295. The van der Waals surface area contributed by atoms with Crippen molar-refractivity contribution in [1.29, 1.82) is 0 Å². The zero-order valence-corrected chi connectivity index (χ0v) is 10.4. The van der Waals surface area contributed by atoms with Crippen LogP contribution in [0.15, 0.2) is 0 Å². The van der Waals surface area contributed by atoms with E-state index in [-0.39, 0.29) is 12.0 Å². The predicted octanol–water partition coefficient (Wildman–Crippen LogP) is 3.06. The van der Waals surface area contributed by atoms with E-state index in [1.807, 2.05) is 0 Å². The Labute approximate surface area is 90.0 Å². The summed E-state index contributed by atoms with van der Waals surface area (Å²) in [4.78, 5) is 5.63. The summed E-state index contributed by atoms with van der Waals surface area (Å²) in [7, 11) is 0. The molecule has 80 valence electrons. The lowest BCUT2D eigenvalue weighted by Crippen LogP contribution is -2.14. The van der Waals surface area contributed by atoms with E-state index in [9.17, 15) is 5.11 Å². The largest absolute Gasteiger partial charge is 0.391 e. The molecule has 1 N–H and O–H groups in total. The average Bonchev–Trinajstić information content (AvgIpc) is 2.46. The molecule has 2 nitrogen and oxygen atoms in total. The summed E-state index contributed by atoms with van der Waals surface area (Å²) in [6, 6.07) is 0. The molecule has 14 heavy (non-hydrogen) atoms. The first-order valence-electron chi connectivity index (χ1n) is 4.97. The SMILES string of the molecule is CC(C)c1nc(C(C)(C)C)c(CO)s1. The maximum Gasteiger partial charge on any atom is 0.0957 e. The van der Waals surface area contributed by atoms with Crippen molar-refractivity contribution >= 4 is 11.3 Å². The minimum absolute atomic E-state index is 0.0295. The molecule has 3 heteroatoms. The van der Waals surface area contributed by atoms with E-state index in [1.54, 1.807) is 11.3 Å². The molecule has 0 unspecified atom stereocenters. The zero-order chi connectivity index (χ0) is 10.9. The first kappa shape index (κ1) is 11.7. The third-order valence-electron chi connectivity index (χ3n) is 2.06. The fourth-order valence-electron chi connectivity index (χ4n) is 1.31. The zero-order valence-electron chi connectivity index (χ0n) is 9.59. The first-order chi connectivity index (χ1) is 6.36. The van der Waals surface area contributed by atoms with Gasteiger partial charge in [-0.3, -0.25) is 0 Å². The van der Waals surface area contributed by atoms with Gasteiger partial charge in [0.05, 0.1) is 22.2 Å². The summed E-state index contributed by atoms with van der Waals surface area (Å²) in [5.41, 5.74) is 1.08. The van der Waals surface area contributed by atoms with Gasteiger partial charge in [0.25, 0.3) is 0 Å². The molecule has 0 aliphatic carbocycles. The molecule has 0 radical (unpaired) electrons. The molecule has 0 fully saturated rings. The van der Waals surface area contributed by atoms with Crippen molar-refractivity contribution in [3.8, 4) is 0 Å². The Bertz CT molecular complexity index is 310. The standard InChI is InChI=1S/C11H19NOS/c1-7(2)10-12-9(11(3,4)5)8(6-13)14-10/h7,13H,6H2,1-5H3. The number of hydrogen-bond acceptors (Lipinski definition) is 3. The van der Waals surface area contributed by atoms with Crippen LogP contribution in [0.5, 0.6) is 0 Å². The van der Waals surface area contributed by atoms with Crippen LogP contribution >= 0.6 is 11.3 Å². The molecule has 0 saturated heterocycles. The topological polar surface area (TPSA) is 33.1 Å². The Morgan fingerprint density at radius 3 is 2.21 bits per heavy atom. The van der Waals surface area contributed by atoms with Crippen molar-refractivity contribution in [2.75, 3.05) is 0 Å². The van der Waals surface area contributed by atoms with Crippen LogP contribution in [-0.2, 0) is 12.0 Å². The monoisotopic (exact) mass is 213 g/mol. The highest BCUT2D eigenvalue weighted by atomic mass is 32.1. The van der Waals surface area contributed by atoms with Crippen molar-refractivity contribution in [3.63, 3.8) is 0 Å². The van der Waals surface area contributed by atoms with Gasteiger partial charge < -0.3 is 5.11 Å². The maximum absolute atomic E-state index is 9.25. The molecule has 0 amide bonds. The fraction of sp³-hybridized carbons (Fsp3) is 0.727. The van der Waals surface area contributed by atoms with E-state index in [4.69, 9.17) is 0 Å². The summed E-state index contributed by atoms with van der Waals surface area (Å²) in [5.74, 6) is 0.446. The van der Waals surface area contributed by atoms with Crippen LogP contribution < -0.4 is 0 Å². The fourth-order valence-corrected chi connectivity index (χ4v) is 2.45. The Balaban J connectivity index is 3.16. The van der Waals surface area contributed by atoms with E-state index in [1.165, 1.54) is 0 Å². The van der Waals surface area contributed by atoms with E-state index in [0.717, 1.165) is 15.6 Å². The van der Waals surface area contributed by atoms with Gasteiger partial charge in [-0.1, -0.05) is 34.6 Å². The predicted molar refractivity (Wildman–Crippen MR) is 60.8 cm³/mol. The Kier molecular flexibility index (Phi) is 3.32. The second-order valence-electron chi connectivity index (χ2n) is 4.89. The molecule has 0 atom stereocenters. The molecular weight excluding hydrogens is 194 g/mol. The number of thiazole rings is 1. The van der Waals surface area contributed by atoms with Gasteiger partial charge in [0.15, 0.2) is 0 Å². The molecule has 1 aromatic rings. The molecule has 1 aromatic heterocycles. The number of rotatable bonds is 2. The quantitative estimate of drug-likeness (QED) is 0.819. The lowest BCUT2D eigenvalue weighted by molar-refractivity contribution is 0.282. The maximum atomic E-state index is 9.25. The van der Waals surface area contributed by atoms with Crippen molar-refractivity contribution in [2.45, 2.75) is 52.6 Å². The van der Waals surface area contributed by atoms with E-state index < -0.39 is 0 Å². The van der Waals surface area contributed by atoms with Gasteiger partial charge in [0.2, 0.25) is 0 Å². The van der Waals surface area contributed by atoms with Crippen molar-refractivity contribution < 1.29 is 5.11 Å². The minimum Gasteiger partial charge on any atom is -0.391 e. The lowest BCUT2D eigenvalue weighted by Gasteiger charge is -2.16. The summed E-state index contributed by atoms with van der Waals surface area (Å²) in [5, 5.41) is 10.4. The van der Waals surface area contributed by atoms with Crippen LogP contribution in [0.4, 0.5) is 0 Å². The van der Waals surface area contributed by atoms with Gasteiger partial charge in [0.1, 0.15) is 0 Å². The summed E-state index contributed by atoms with van der Waals surface area (Å²) in [6.07, 6.45) is 0. The third-order valence-corrected chi connectivity index (χ3v) is 3.40. The number of aliphatic hydroxyl groups is 1. The second kappa shape index (κ2) is 3.99. The van der Waals surface area contributed by atoms with E-state index in [0.29, 0.717) is 5.92 Å². The van der Waals surface area contributed by atoms with Crippen molar-refractivity contribution in [2.24, 2.45) is 0 Å². The third kappa shape index (κ3) is 2.34. The van der Waals surface area contributed by atoms with Gasteiger partial charge in [-0.05, 0) is 0 Å². The van der Waals surface area contributed by atoms with Crippen LogP contribution in [-0.4, -0.2) is 10.1 Å². The van der Waals surface area contributed by atoms with Gasteiger partial charge in [0, 0.05) is 11.3 Å². The van der Waals surface area contributed by atoms with Crippen LogP contribution in [0.2, 0.25) is 0 Å². The highest BCUT2D eigenvalue weighted by Gasteiger charge is 2.23. The second-order valence-corrected chi connectivity index (χ2v) is 6.00. The van der Waals surface area contributed by atoms with Crippen molar-refractivity contribution in [1.82, 2.24) is 4.98 Å². The number of aliphatic hydroxyl groups excluding tert-OH is 1. The Morgan fingerprint density at radius 1 is 1.36 bits per heavy atom. The van der Waals surface area contributed by atoms with Crippen molar-refractivity contribution in [3.05, 3.63) is 15.6 Å². The van der Waals surface area contributed by atoms with Gasteiger partial charge in [-0.2, -0.15) is 0 Å². The van der Waals surface area contributed by atoms with E-state index in [2.05, 4.69) is 39.6 Å². The molecule has 1 heterocycles. The molecule has 0 saturated carbocycles. The lowest BCUT2D eigenvalue weighted by atomic mass is 9.91. The molecule has 0 aliphatic rings. The molecular formula is C11H19NOS. The molecule has 0 spiro atoms. The molecule has 0 aliphatic heterocycles. The smallest absolute Gasteiger partial charge is 0.0957 e. The summed E-state index contributed by atoms with van der Waals surface area (Å²) in [6.45, 7) is 10.8. The van der Waals surface area contributed by atoms with Gasteiger partial charge in [-0.15, -0.1) is 11.3 Å². The molecule has 0 bridgehead atoms. The average molecular weight is 213 g/mol. The molecule has 1 rings (SSSR count). The normalized spacial score (nSPS) is 12.5. The Hall–Kier alpha value is -0.410. The highest BCUT2D eigenvalue weighted by Crippen LogP contribution is 2.32. The van der Waals surface area contributed by atoms with Crippen LogP contribution in [0.3, 0.4) is 0 Å². The van der Waals surface area contributed by atoms with Crippen LogP contribution in [0.25, 0.3) is 0 Å². The number of nitrogens with zero attached hydrogens (tertiary/aromatic N) is 1. The van der Waals surface area contributed by atoms with Gasteiger partial charge in [-0.25, -0.2) is 4.98 Å². The van der Waals surface area contributed by atoms with Gasteiger partial charge >= 0.3 is 0 Å². The van der Waals surface area contributed by atoms with Crippen LogP contribution in [0, 0.1) is 0 Å². The molecule has 0 aromatic carbocycles. The van der Waals surface area contributed by atoms with E-state index >= 15 is 0 Å². The summed E-state index contributed by atoms with van der Waals surface area (Å²) < 4.78 is 0. The Morgan fingerprint density at radius 2 is 1.93 bits per heavy atom. The summed E-state index contributed by atoms with van der Waals surface area (Å²) >= 11 is 1.63. The van der Waals surface area contributed by atoms with Crippen LogP contribution in [0.1, 0.15) is 56.1 Å². The first-order valence-corrected chi connectivity index (χ1v) is 5.79. The highest BCUT2D eigenvalue weighted by molar-refractivity contribution is 7.11. The number of hydrogen-bond donors (Lipinski definition) is 1. The number of aromatic nitrogens is 1.